The van der Waals surface area contributed by atoms with Gasteiger partial charge < -0.3 is 16.4 Å². The first kappa shape index (κ1) is 13.2. The van der Waals surface area contributed by atoms with Gasteiger partial charge in [-0.25, -0.2) is 4.79 Å². The lowest BCUT2D eigenvalue weighted by atomic mass is 10.2. The van der Waals surface area contributed by atoms with Gasteiger partial charge in [0.15, 0.2) is 0 Å². The van der Waals surface area contributed by atoms with Gasteiger partial charge in [0, 0.05) is 11.4 Å². The average molecular weight is 276 g/mol. The molecule has 0 unspecified atom stereocenters. The van der Waals surface area contributed by atoms with Gasteiger partial charge in [-0.1, -0.05) is 29.8 Å². The quantitative estimate of drug-likeness (QED) is 0.728. The Kier molecular flexibility index (Phi) is 3.92. The minimum Gasteiger partial charge on any atom is -0.398 e. The summed E-state index contributed by atoms with van der Waals surface area (Å²) in [6.45, 7) is 1.93. The van der Waals surface area contributed by atoms with E-state index in [1.165, 1.54) is 0 Å². The molecule has 0 aromatic heterocycles. The standard InChI is InChI=1S/C14H14ClN3O/c1-9-4-2-3-5-13(9)18-14(19)17-10-6-7-12(16)11(15)8-10/h2-8H,16H2,1H3,(H2,17,18,19). The minimum atomic E-state index is -0.324. The Labute approximate surface area is 116 Å². The van der Waals surface area contributed by atoms with Crippen molar-refractivity contribution in [1.29, 1.82) is 0 Å². The summed E-state index contributed by atoms with van der Waals surface area (Å²) < 4.78 is 0. The zero-order valence-electron chi connectivity index (χ0n) is 10.4. The number of benzene rings is 2. The topological polar surface area (TPSA) is 67.2 Å². The number of hydrogen-bond donors (Lipinski definition) is 3. The Balaban J connectivity index is 2.05. The fourth-order valence-electron chi connectivity index (χ4n) is 1.60. The number of rotatable bonds is 2. The molecule has 2 amide bonds. The summed E-state index contributed by atoms with van der Waals surface area (Å²) in [5.41, 5.74) is 8.43. The normalized spacial score (nSPS) is 10.0. The van der Waals surface area contributed by atoms with Gasteiger partial charge in [0.05, 0.1) is 10.7 Å². The van der Waals surface area contributed by atoms with E-state index in [1.807, 2.05) is 31.2 Å². The van der Waals surface area contributed by atoms with Crippen molar-refractivity contribution in [3.05, 3.63) is 53.1 Å². The van der Waals surface area contributed by atoms with Gasteiger partial charge in [0.25, 0.3) is 0 Å². The molecule has 2 rings (SSSR count). The molecule has 0 radical (unpaired) electrons. The molecule has 2 aromatic carbocycles. The number of para-hydroxylation sites is 1. The van der Waals surface area contributed by atoms with Crippen LogP contribution < -0.4 is 16.4 Å². The third kappa shape index (κ3) is 3.39. The summed E-state index contributed by atoms with van der Waals surface area (Å²) in [6.07, 6.45) is 0. The molecule has 0 bridgehead atoms. The number of nitrogen functional groups attached to an aromatic ring is 1. The van der Waals surface area contributed by atoms with Crippen LogP contribution in [-0.4, -0.2) is 6.03 Å². The van der Waals surface area contributed by atoms with Gasteiger partial charge in [-0.05, 0) is 36.8 Å². The maximum atomic E-state index is 11.8. The molecule has 19 heavy (non-hydrogen) atoms. The molecule has 5 heteroatoms. The summed E-state index contributed by atoms with van der Waals surface area (Å²) in [7, 11) is 0. The molecule has 0 atom stereocenters. The lowest BCUT2D eigenvalue weighted by Crippen LogP contribution is -2.19. The number of nitrogens with one attached hydrogen (secondary N) is 2. The maximum Gasteiger partial charge on any atom is 0.323 e. The van der Waals surface area contributed by atoms with Crippen molar-refractivity contribution in [2.75, 3.05) is 16.4 Å². The molecule has 0 aliphatic carbocycles. The van der Waals surface area contributed by atoms with Crippen LogP contribution in [0.5, 0.6) is 0 Å². The highest BCUT2D eigenvalue weighted by molar-refractivity contribution is 6.33. The Morgan fingerprint density at radius 3 is 2.58 bits per heavy atom. The van der Waals surface area contributed by atoms with Gasteiger partial charge in [0.2, 0.25) is 0 Å². The van der Waals surface area contributed by atoms with Crippen molar-refractivity contribution in [3.63, 3.8) is 0 Å². The number of anilines is 3. The molecule has 0 aliphatic rings. The highest BCUT2D eigenvalue weighted by Crippen LogP contribution is 2.22. The maximum absolute atomic E-state index is 11.8. The number of halogens is 1. The van der Waals surface area contributed by atoms with Crippen molar-refractivity contribution in [3.8, 4) is 0 Å². The van der Waals surface area contributed by atoms with E-state index in [2.05, 4.69) is 10.6 Å². The van der Waals surface area contributed by atoms with Crippen molar-refractivity contribution in [2.24, 2.45) is 0 Å². The summed E-state index contributed by atoms with van der Waals surface area (Å²) in [5, 5.41) is 5.87. The fourth-order valence-corrected chi connectivity index (χ4v) is 1.78. The van der Waals surface area contributed by atoms with Crippen molar-refractivity contribution >= 4 is 34.7 Å². The lowest BCUT2D eigenvalue weighted by Gasteiger charge is -2.10. The van der Waals surface area contributed by atoms with Crippen molar-refractivity contribution < 1.29 is 4.79 Å². The van der Waals surface area contributed by atoms with Crippen LogP contribution in [-0.2, 0) is 0 Å². The van der Waals surface area contributed by atoms with Crippen molar-refractivity contribution in [1.82, 2.24) is 0 Å². The number of carbonyl (C=O) groups is 1. The smallest absolute Gasteiger partial charge is 0.323 e. The van der Waals surface area contributed by atoms with Crippen LogP contribution in [0.3, 0.4) is 0 Å². The second-order valence-electron chi connectivity index (χ2n) is 4.13. The molecule has 0 spiro atoms. The summed E-state index contributed by atoms with van der Waals surface area (Å²) >= 11 is 5.89. The SMILES string of the molecule is Cc1ccccc1NC(=O)Nc1ccc(N)c(Cl)c1. The largest absolute Gasteiger partial charge is 0.398 e. The highest BCUT2D eigenvalue weighted by atomic mass is 35.5. The van der Waals surface area contributed by atoms with Gasteiger partial charge in [-0.15, -0.1) is 0 Å². The number of hydrogen-bond acceptors (Lipinski definition) is 2. The summed E-state index contributed by atoms with van der Waals surface area (Å²) in [4.78, 5) is 11.8. The predicted octanol–water partition coefficient (Wildman–Crippen LogP) is 3.87. The molecule has 0 fully saturated rings. The molecule has 0 saturated heterocycles. The van der Waals surface area contributed by atoms with Crippen LogP contribution in [0, 0.1) is 6.92 Å². The summed E-state index contributed by atoms with van der Waals surface area (Å²) in [6, 6.07) is 12.2. The van der Waals surface area contributed by atoms with Crippen LogP contribution in [0.25, 0.3) is 0 Å². The molecule has 0 saturated carbocycles. The fraction of sp³-hybridized carbons (Fsp3) is 0.0714. The first-order valence-corrected chi connectivity index (χ1v) is 6.13. The lowest BCUT2D eigenvalue weighted by molar-refractivity contribution is 0.262. The van der Waals surface area contributed by atoms with E-state index in [0.717, 1.165) is 11.3 Å². The summed E-state index contributed by atoms with van der Waals surface area (Å²) in [5.74, 6) is 0. The van der Waals surface area contributed by atoms with Gasteiger partial charge in [-0.2, -0.15) is 0 Å². The van der Waals surface area contributed by atoms with Crippen molar-refractivity contribution in [2.45, 2.75) is 6.92 Å². The minimum absolute atomic E-state index is 0.324. The monoisotopic (exact) mass is 275 g/mol. The Bertz CT molecular complexity index is 613. The zero-order chi connectivity index (χ0) is 13.8. The molecule has 4 N–H and O–H groups in total. The van der Waals surface area contributed by atoms with Gasteiger partial charge in [0.1, 0.15) is 0 Å². The molecule has 2 aromatic rings. The number of aryl methyl sites for hydroxylation is 1. The number of urea groups is 1. The number of amides is 2. The second-order valence-corrected chi connectivity index (χ2v) is 4.54. The average Bonchev–Trinajstić information content (AvgIpc) is 2.37. The molecular weight excluding hydrogens is 262 g/mol. The molecular formula is C14H14ClN3O. The van der Waals surface area contributed by atoms with E-state index in [4.69, 9.17) is 17.3 Å². The van der Waals surface area contributed by atoms with Crippen LogP contribution in [0.4, 0.5) is 21.9 Å². The van der Waals surface area contributed by atoms with Crippen LogP contribution in [0.1, 0.15) is 5.56 Å². The first-order chi connectivity index (χ1) is 9.06. The van der Waals surface area contributed by atoms with E-state index in [1.54, 1.807) is 18.2 Å². The zero-order valence-corrected chi connectivity index (χ0v) is 11.2. The van der Waals surface area contributed by atoms with E-state index in [-0.39, 0.29) is 6.03 Å². The molecule has 0 aliphatic heterocycles. The van der Waals surface area contributed by atoms with Crippen LogP contribution >= 0.6 is 11.6 Å². The van der Waals surface area contributed by atoms with Crippen LogP contribution in [0.15, 0.2) is 42.5 Å². The van der Waals surface area contributed by atoms with E-state index >= 15 is 0 Å². The predicted molar refractivity (Wildman–Crippen MR) is 79.7 cm³/mol. The second kappa shape index (κ2) is 5.63. The molecule has 0 heterocycles. The highest BCUT2D eigenvalue weighted by Gasteiger charge is 2.05. The van der Waals surface area contributed by atoms with E-state index in [0.29, 0.717) is 16.4 Å². The van der Waals surface area contributed by atoms with E-state index < -0.39 is 0 Å². The van der Waals surface area contributed by atoms with Gasteiger partial charge in [-0.3, -0.25) is 0 Å². The number of carbonyl (C=O) groups excluding carboxylic acids is 1. The Morgan fingerprint density at radius 2 is 1.89 bits per heavy atom. The third-order valence-electron chi connectivity index (χ3n) is 2.65. The Morgan fingerprint density at radius 1 is 1.16 bits per heavy atom. The van der Waals surface area contributed by atoms with Gasteiger partial charge >= 0.3 is 6.03 Å². The Hall–Kier alpha value is -2.20. The van der Waals surface area contributed by atoms with Crippen LogP contribution in [0.2, 0.25) is 5.02 Å². The molecule has 98 valence electrons. The molecule has 4 nitrogen and oxygen atoms in total. The third-order valence-corrected chi connectivity index (χ3v) is 2.98. The number of nitrogens with two attached hydrogens (primary N) is 1. The van der Waals surface area contributed by atoms with E-state index in [9.17, 15) is 4.79 Å². The first-order valence-electron chi connectivity index (χ1n) is 5.75.